The van der Waals surface area contributed by atoms with Crippen LogP contribution in [0.4, 0.5) is 23.2 Å². The lowest BCUT2D eigenvalue weighted by Crippen LogP contribution is -2.12. The second kappa shape index (κ2) is 9.41. The number of carbonyl (C=O) groups is 1. The molecule has 0 unspecified atom stereocenters. The van der Waals surface area contributed by atoms with Crippen LogP contribution in [-0.2, 0) is 13.1 Å². The molecule has 1 amide bonds. The third-order valence-corrected chi connectivity index (χ3v) is 6.38. The molecule has 2 aromatic heterocycles. The van der Waals surface area contributed by atoms with Crippen molar-refractivity contribution in [2.75, 3.05) is 5.32 Å². The van der Waals surface area contributed by atoms with Crippen molar-refractivity contribution in [2.24, 2.45) is 0 Å². The van der Waals surface area contributed by atoms with Crippen LogP contribution in [0, 0.1) is 37.1 Å². The van der Waals surface area contributed by atoms with Gasteiger partial charge in [0.25, 0.3) is 5.91 Å². The SMILES string of the molecule is Cc1nn(Cc2cccc(C(=O)Nc3cnn(Cc4c(F)cc(F)c(F)c4F)c3)c2)c(C)c1Br. The summed E-state index contributed by atoms with van der Waals surface area (Å²) in [6.07, 6.45) is 2.61. The summed E-state index contributed by atoms with van der Waals surface area (Å²) in [6.45, 7) is 3.82. The van der Waals surface area contributed by atoms with E-state index >= 15 is 0 Å². The Morgan fingerprint density at radius 2 is 1.82 bits per heavy atom. The van der Waals surface area contributed by atoms with E-state index in [1.165, 1.54) is 12.4 Å². The van der Waals surface area contributed by atoms with Gasteiger partial charge in [0.15, 0.2) is 17.5 Å². The maximum Gasteiger partial charge on any atom is 0.255 e. The van der Waals surface area contributed by atoms with E-state index in [0.29, 0.717) is 12.1 Å². The summed E-state index contributed by atoms with van der Waals surface area (Å²) >= 11 is 3.49. The molecule has 0 aliphatic heterocycles. The number of rotatable bonds is 6. The molecule has 4 rings (SSSR count). The van der Waals surface area contributed by atoms with E-state index in [1.807, 2.05) is 24.6 Å². The number of aromatic nitrogens is 4. The fourth-order valence-electron chi connectivity index (χ4n) is 3.44. The number of benzene rings is 2. The molecular formula is C23H18BrF4N5O. The van der Waals surface area contributed by atoms with Crippen LogP contribution in [0.1, 0.15) is 32.9 Å². The van der Waals surface area contributed by atoms with Crippen molar-refractivity contribution in [3.8, 4) is 0 Å². The first kappa shape index (κ1) is 23.7. The summed E-state index contributed by atoms with van der Waals surface area (Å²) in [4.78, 5) is 12.7. The number of nitrogens with zero attached hydrogens (tertiary/aromatic N) is 4. The van der Waals surface area contributed by atoms with Gasteiger partial charge in [-0.05, 0) is 47.5 Å². The average molecular weight is 536 g/mol. The summed E-state index contributed by atoms with van der Waals surface area (Å²) in [7, 11) is 0. The molecule has 0 aliphatic rings. The Kier molecular flexibility index (Phi) is 6.56. The van der Waals surface area contributed by atoms with E-state index < -0.39 is 41.3 Å². The van der Waals surface area contributed by atoms with Gasteiger partial charge in [-0.25, -0.2) is 17.6 Å². The van der Waals surface area contributed by atoms with Crippen molar-refractivity contribution in [1.29, 1.82) is 0 Å². The zero-order valence-corrected chi connectivity index (χ0v) is 19.6. The fraction of sp³-hybridized carbons (Fsp3) is 0.174. The Balaban J connectivity index is 1.47. The topological polar surface area (TPSA) is 64.7 Å². The molecule has 1 N–H and O–H groups in total. The predicted molar refractivity (Wildman–Crippen MR) is 121 cm³/mol. The highest BCUT2D eigenvalue weighted by molar-refractivity contribution is 9.10. The lowest BCUT2D eigenvalue weighted by atomic mass is 10.1. The summed E-state index contributed by atoms with van der Waals surface area (Å²) in [6, 6.07) is 7.29. The van der Waals surface area contributed by atoms with Crippen LogP contribution >= 0.6 is 15.9 Å². The number of carbonyl (C=O) groups excluding carboxylic acids is 1. The third-order valence-electron chi connectivity index (χ3n) is 5.23. The standard InChI is InChI=1S/C23H18BrF4N5O/c1-12-20(24)13(2)33(31-12)9-14-4-3-5-15(6-14)23(34)30-16-8-29-32(10-16)11-17-18(25)7-19(26)22(28)21(17)27/h3-8,10H,9,11H2,1-2H3,(H,30,34). The molecule has 0 saturated carbocycles. The second-order valence-electron chi connectivity index (χ2n) is 7.67. The molecule has 4 aromatic rings. The van der Waals surface area contributed by atoms with Gasteiger partial charge in [0.2, 0.25) is 0 Å². The molecule has 0 atom stereocenters. The van der Waals surface area contributed by atoms with Crippen LogP contribution in [-0.4, -0.2) is 25.5 Å². The number of nitrogens with one attached hydrogen (secondary N) is 1. The van der Waals surface area contributed by atoms with E-state index in [4.69, 9.17) is 0 Å². The van der Waals surface area contributed by atoms with Gasteiger partial charge < -0.3 is 5.32 Å². The first-order chi connectivity index (χ1) is 16.1. The summed E-state index contributed by atoms with van der Waals surface area (Å²) < 4.78 is 58.2. The number of anilines is 1. The van der Waals surface area contributed by atoms with E-state index in [9.17, 15) is 22.4 Å². The molecule has 0 fully saturated rings. The minimum Gasteiger partial charge on any atom is -0.319 e. The van der Waals surface area contributed by atoms with Crippen molar-refractivity contribution in [3.63, 3.8) is 0 Å². The van der Waals surface area contributed by atoms with Crippen LogP contribution in [0.2, 0.25) is 0 Å². The minimum absolute atomic E-state index is 0.265. The molecule has 11 heteroatoms. The Hall–Kier alpha value is -3.47. The molecule has 0 radical (unpaired) electrons. The maximum atomic E-state index is 13.9. The number of amides is 1. The van der Waals surface area contributed by atoms with E-state index in [0.717, 1.165) is 26.1 Å². The second-order valence-corrected chi connectivity index (χ2v) is 8.46. The van der Waals surface area contributed by atoms with Crippen molar-refractivity contribution in [2.45, 2.75) is 26.9 Å². The normalized spacial score (nSPS) is 11.1. The summed E-state index contributed by atoms with van der Waals surface area (Å²) in [5.41, 5.74) is 2.68. The van der Waals surface area contributed by atoms with Gasteiger partial charge in [-0.1, -0.05) is 12.1 Å². The monoisotopic (exact) mass is 535 g/mol. The van der Waals surface area contributed by atoms with E-state index in [2.05, 4.69) is 31.4 Å². The van der Waals surface area contributed by atoms with Gasteiger partial charge in [0.1, 0.15) is 5.82 Å². The molecule has 2 heterocycles. The first-order valence-corrected chi connectivity index (χ1v) is 10.9. The van der Waals surface area contributed by atoms with E-state index in [1.54, 1.807) is 18.2 Å². The van der Waals surface area contributed by atoms with Gasteiger partial charge in [-0.15, -0.1) is 0 Å². The number of halogens is 5. The molecule has 0 saturated heterocycles. The van der Waals surface area contributed by atoms with Crippen LogP contribution in [0.25, 0.3) is 0 Å². The molecule has 2 aromatic carbocycles. The number of hydrogen-bond donors (Lipinski definition) is 1. The Labute approximate surface area is 200 Å². The largest absolute Gasteiger partial charge is 0.319 e. The predicted octanol–water partition coefficient (Wildman–Crippen LogP) is 5.36. The van der Waals surface area contributed by atoms with Crippen molar-refractivity contribution in [3.05, 3.63) is 98.5 Å². The molecule has 0 spiro atoms. The molecule has 176 valence electrons. The van der Waals surface area contributed by atoms with Crippen LogP contribution in [0.5, 0.6) is 0 Å². The molecule has 6 nitrogen and oxygen atoms in total. The van der Waals surface area contributed by atoms with E-state index in [-0.39, 0.29) is 11.8 Å². The Morgan fingerprint density at radius 1 is 1.06 bits per heavy atom. The Bertz CT molecular complexity index is 1400. The zero-order valence-electron chi connectivity index (χ0n) is 18.0. The van der Waals surface area contributed by atoms with Crippen molar-refractivity contribution >= 4 is 27.5 Å². The van der Waals surface area contributed by atoms with Gasteiger partial charge in [0.05, 0.1) is 40.8 Å². The van der Waals surface area contributed by atoms with Gasteiger partial charge in [-0.2, -0.15) is 10.2 Å². The summed E-state index contributed by atoms with van der Waals surface area (Å²) in [5, 5.41) is 11.0. The van der Waals surface area contributed by atoms with Crippen molar-refractivity contribution < 1.29 is 22.4 Å². The lowest BCUT2D eigenvalue weighted by Gasteiger charge is -2.08. The van der Waals surface area contributed by atoms with Gasteiger partial charge in [-0.3, -0.25) is 14.2 Å². The highest BCUT2D eigenvalue weighted by atomic mass is 79.9. The fourth-order valence-corrected chi connectivity index (χ4v) is 3.73. The van der Waals surface area contributed by atoms with Gasteiger partial charge in [0, 0.05) is 23.4 Å². The smallest absolute Gasteiger partial charge is 0.255 e. The highest BCUT2D eigenvalue weighted by Gasteiger charge is 2.20. The quantitative estimate of drug-likeness (QED) is 0.205. The lowest BCUT2D eigenvalue weighted by molar-refractivity contribution is 0.102. The zero-order chi connectivity index (χ0) is 24.6. The number of hydrogen-bond acceptors (Lipinski definition) is 3. The third kappa shape index (κ3) is 4.74. The van der Waals surface area contributed by atoms with Gasteiger partial charge >= 0.3 is 0 Å². The average Bonchev–Trinajstić information content (AvgIpc) is 3.34. The summed E-state index contributed by atoms with van der Waals surface area (Å²) in [5.74, 6) is -6.64. The molecular weight excluding hydrogens is 518 g/mol. The van der Waals surface area contributed by atoms with Crippen molar-refractivity contribution in [1.82, 2.24) is 19.6 Å². The Morgan fingerprint density at radius 3 is 2.53 bits per heavy atom. The minimum atomic E-state index is -1.76. The van der Waals surface area contributed by atoms with Crippen LogP contribution in [0.15, 0.2) is 47.2 Å². The maximum absolute atomic E-state index is 13.9. The van der Waals surface area contributed by atoms with Crippen LogP contribution < -0.4 is 5.32 Å². The molecule has 0 bridgehead atoms. The molecule has 0 aliphatic carbocycles. The first-order valence-electron chi connectivity index (χ1n) is 10.1. The molecule has 34 heavy (non-hydrogen) atoms. The number of aryl methyl sites for hydroxylation is 1. The highest BCUT2D eigenvalue weighted by Crippen LogP contribution is 2.22. The van der Waals surface area contributed by atoms with Crippen LogP contribution in [0.3, 0.4) is 0 Å².